The molecular formula is C30H35F3N4O4S. The third-order valence-electron chi connectivity index (χ3n) is 7.37. The van der Waals surface area contributed by atoms with Crippen molar-refractivity contribution in [1.82, 2.24) is 15.1 Å². The molecule has 0 bridgehead atoms. The number of aromatic nitrogens is 2. The van der Waals surface area contributed by atoms with Crippen LogP contribution < -0.4 is 9.64 Å². The second-order valence-corrected chi connectivity index (χ2v) is 11.4. The summed E-state index contributed by atoms with van der Waals surface area (Å²) in [5.74, 6) is -1.18. The maximum Gasteiger partial charge on any atom is 0.419 e. The Balaban J connectivity index is 1.47. The lowest BCUT2D eigenvalue weighted by molar-refractivity contribution is -0.139. The number of halogens is 3. The van der Waals surface area contributed by atoms with Gasteiger partial charge in [0.1, 0.15) is 17.4 Å². The zero-order valence-electron chi connectivity index (χ0n) is 23.7. The van der Waals surface area contributed by atoms with E-state index < -0.39 is 17.7 Å². The van der Waals surface area contributed by atoms with Crippen molar-refractivity contribution >= 4 is 28.3 Å². The molecule has 0 saturated carbocycles. The molecule has 1 saturated heterocycles. The fraction of sp³-hybridized carbons (Fsp3) is 0.467. The van der Waals surface area contributed by atoms with E-state index in [2.05, 4.69) is 15.1 Å². The Bertz CT molecular complexity index is 1370. The van der Waals surface area contributed by atoms with Crippen LogP contribution in [0, 0.1) is 12.8 Å². The quantitative estimate of drug-likeness (QED) is 0.251. The number of rotatable bonds is 12. The number of nitrogens with zero attached hydrogens (tertiary/aromatic N) is 4. The summed E-state index contributed by atoms with van der Waals surface area (Å²) in [6, 6.07) is 11.1. The third kappa shape index (κ3) is 8.07. The van der Waals surface area contributed by atoms with Gasteiger partial charge in [0, 0.05) is 30.6 Å². The number of carbonyl (C=O) groups excluding carboxylic acids is 1. The molecule has 0 aliphatic carbocycles. The molecule has 8 nitrogen and oxygen atoms in total. The summed E-state index contributed by atoms with van der Waals surface area (Å²) in [5, 5.41) is 17.9. The predicted octanol–water partition coefficient (Wildman–Crippen LogP) is 6.54. The number of piperidine rings is 1. The van der Waals surface area contributed by atoms with Crippen LogP contribution in [0.2, 0.25) is 0 Å². The van der Waals surface area contributed by atoms with E-state index in [0.717, 1.165) is 48.6 Å². The van der Waals surface area contributed by atoms with Gasteiger partial charge in [-0.05, 0) is 75.0 Å². The van der Waals surface area contributed by atoms with Gasteiger partial charge in [0.2, 0.25) is 5.13 Å². The van der Waals surface area contributed by atoms with E-state index in [0.29, 0.717) is 36.9 Å². The summed E-state index contributed by atoms with van der Waals surface area (Å²) >= 11 is 1.07. The molecule has 2 heterocycles. The Hall–Kier alpha value is -3.51. The summed E-state index contributed by atoms with van der Waals surface area (Å²) in [4.78, 5) is 27.9. The number of carbonyl (C=O) groups is 2. The van der Waals surface area contributed by atoms with Crippen molar-refractivity contribution in [3.05, 3.63) is 59.2 Å². The van der Waals surface area contributed by atoms with Crippen LogP contribution in [0.15, 0.2) is 42.5 Å². The van der Waals surface area contributed by atoms with Gasteiger partial charge in [0.25, 0.3) is 5.91 Å². The van der Waals surface area contributed by atoms with E-state index in [1.807, 2.05) is 26.0 Å². The minimum absolute atomic E-state index is 0.0718. The number of amides is 1. The first kappa shape index (κ1) is 31.4. The van der Waals surface area contributed by atoms with Crippen LogP contribution in [-0.4, -0.2) is 64.9 Å². The van der Waals surface area contributed by atoms with Gasteiger partial charge in [0.05, 0.1) is 5.56 Å². The van der Waals surface area contributed by atoms with Gasteiger partial charge in [-0.1, -0.05) is 42.9 Å². The lowest BCUT2D eigenvalue weighted by Gasteiger charge is -2.31. The molecule has 226 valence electrons. The number of hydrogen-bond acceptors (Lipinski definition) is 7. The summed E-state index contributed by atoms with van der Waals surface area (Å²) in [6.07, 6.45) is -1.45. The monoisotopic (exact) mass is 604 g/mol. The van der Waals surface area contributed by atoms with E-state index in [9.17, 15) is 22.8 Å². The minimum atomic E-state index is -4.65. The number of carboxylic acids is 1. The molecule has 0 atom stereocenters. The van der Waals surface area contributed by atoms with Gasteiger partial charge in [-0.2, -0.15) is 13.2 Å². The summed E-state index contributed by atoms with van der Waals surface area (Å²) in [7, 11) is 0. The van der Waals surface area contributed by atoms with Crippen LogP contribution in [0.3, 0.4) is 0 Å². The van der Waals surface area contributed by atoms with Gasteiger partial charge >= 0.3 is 12.1 Å². The third-order valence-corrected chi connectivity index (χ3v) is 8.36. The fourth-order valence-corrected chi connectivity index (χ4v) is 5.82. The Morgan fingerprint density at radius 3 is 2.55 bits per heavy atom. The van der Waals surface area contributed by atoms with Crippen LogP contribution in [0.5, 0.6) is 5.75 Å². The topological polar surface area (TPSA) is 95.9 Å². The molecule has 42 heavy (non-hydrogen) atoms. The smallest absolute Gasteiger partial charge is 0.419 e. The second kappa shape index (κ2) is 14.1. The van der Waals surface area contributed by atoms with Crippen molar-refractivity contribution in [2.45, 2.75) is 52.1 Å². The highest BCUT2D eigenvalue weighted by molar-refractivity contribution is 7.18. The van der Waals surface area contributed by atoms with E-state index >= 15 is 0 Å². The molecule has 12 heteroatoms. The molecule has 0 unspecified atom stereocenters. The average Bonchev–Trinajstić information content (AvgIpc) is 3.43. The summed E-state index contributed by atoms with van der Waals surface area (Å²) in [5.41, 5.74) is 0.686. The molecule has 3 aromatic rings. The van der Waals surface area contributed by atoms with Crippen molar-refractivity contribution < 1.29 is 32.6 Å². The number of aryl methyl sites for hydroxylation is 1. The lowest BCUT2D eigenvalue weighted by atomic mass is 9.94. The standard InChI is InChI=1S/C30H35F3N4O4S/c1-3-4-13-37(28(40)23-8-6-5-7-20(23)2)29-35-34-27(42-29)22-9-10-25(24(19-22)30(31,32)33)41-17-16-36-14-11-21(12-15-36)18-26(38)39/h5-10,19,21H,3-4,11-18H2,1-2H3,(H,38,39). The maximum absolute atomic E-state index is 14.1. The van der Waals surface area contributed by atoms with E-state index in [1.165, 1.54) is 12.1 Å². The van der Waals surface area contributed by atoms with Crippen molar-refractivity contribution in [2.75, 3.05) is 37.7 Å². The van der Waals surface area contributed by atoms with Gasteiger partial charge in [0.15, 0.2) is 0 Å². The molecule has 4 rings (SSSR count). The number of hydrogen-bond donors (Lipinski definition) is 1. The lowest BCUT2D eigenvalue weighted by Crippen LogP contribution is -2.37. The molecule has 0 radical (unpaired) electrons. The number of aliphatic carboxylic acids is 1. The van der Waals surface area contributed by atoms with Crippen LogP contribution in [0.4, 0.5) is 18.3 Å². The van der Waals surface area contributed by atoms with Gasteiger partial charge in [-0.25, -0.2) is 0 Å². The molecule has 1 N–H and O–H groups in total. The van der Waals surface area contributed by atoms with Gasteiger partial charge < -0.3 is 9.84 Å². The zero-order valence-corrected chi connectivity index (χ0v) is 24.5. The Morgan fingerprint density at radius 2 is 1.88 bits per heavy atom. The SMILES string of the molecule is CCCCN(C(=O)c1ccccc1C)c1nnc(-c2ccc(OCCN3CCC(CC(=O)O)CC3)c(C(F)(F)F)c2)s1. The van der Waals surface area contributed by atoms with Crippen LogP contribution in [-0.2, 0) is 11.0 Å². The maximum atomic E-state index is 14.1. The number of ether oxygens (including phenoxy) is 1. The first-order chi connectivity index (χ1) is 20.1. The number of carboxylic acid groups (broad SMARTS) is 1. The first-order valence-electron chi connectivity index (χ1n) is 14.1. The fourth-order valence-electron chi connectivity index (χ4n) is 4.96. The first-order valence-corrected chi connectivity index (χ1v) is 14.9. The minimum Gasteiger partial charge on any atom is -0.492 e. The highest BCUT2D eigenvalue weighted by Crippen LogP contribution is 2.40. The van der Waals surface area contributed by atoms with Crippen molar-refractivity contribution in [3.63, 3.8) is 0 Å². The second-order valence-electron chi connectivity index (χ2n) is 10.5. The van der Waals surface area contributed by atoms with Crippen molar-refractivity contribution in [3.8, 4) is 16.3 Å². The number of unbranched alkanes of at least 4 members (excludes halogenated alkanes) is 1. The number of likely N-dealkylation sites (tertiary alicyclic amines) is 1. The number of anilines is 1. The van der Waals surface area contributed by atoms with Crippen LogP contribution in [0.25, 0.3) is 10.6 Å². The van der Waals surface area contributed by atoms with Crippen LogP contribution >= 0.6 is 11.3 Å². The van der Waals surface area contributed by atoms with Crippen molar-refractivity contribution in [1.29, 1.82) is 0 Å². The molecule has 1 aromatic heterocycles. The predicted molar refractivity (Wildman–Crippen MR) is 155 cm³/mol. The Morgan fingerprint density at radius 1 is 1.14 bits per heavy atom. The number of alkyl halides is 3. The van der Waals surface area contributed by atoms with E-state index in [1.54, 1.807) is 17.0 Å². The molecule has 1 fully saturated rings. The summed E-state index contributed by atoms with van der Waals surface area (Å²) < 4.78 is 47.7. The van der Waals surface area contributed by atoms with Gasteiger partial charge in [-0.3, -0.25) is 19.4 Å². The largest absolute Gasteiger partial charge is 0.492 e. The highest BCUT2D eigenvalue weighted by Gasteiger charge is 2.35. The molecule has 1 aliphatic heterocycles. The molecular weight excluding hydrogens is 569 g/mol. The molecule has 0 spiro atoms. The average molecular weight is 605 g/mol. The normalized spacial score (nSPS) is 14.6. The Labute approximate surface area is 247 Å². The summed E-state index contributed by atoms with van der Waals surface area (Å²) in [6.45, 7) is 6.16. The Kier molecular flexibility index (Phi) is 10.6. The molecule has 1 aliphatic rings. The van der Waals surface area contributed by atoms with E-state index in [4.69, 9.17) is 9.84 Å². The van der Waals surface area contributed by atoms with Crippen LogP contribution in [0.1, 0.15) is 60.5 Å². The highest BCUT2D eigenvalue weighted by atomic mass is 32.1. The number of benzene rings is 2. The van der Waals surface area contributed by atoms with Crippen molar-refractivity contribution in [2.24, 2.45) is 5.92 Å². The van der Waals surface area contributed by atoms with E-state index in [-0.39, 0.29) is 41.2 Å². The molecule has 1 amide bonds. The van der Waals surface area contributed by atoms with Gasteiger partial charge in [-0.15, -0.1) is 10.2 Å². The molecule has 2 aromatic carbocycles. The zero-order chi connectivity index (χ0) is 30.3.